The molecule has 174 valence electrons. The highest BCUT2D eigenvalue weighted by molar-refractivity contribution is 5.80. The number of likely N-dealkylation sites (tertiary alicyclic amines) is 1. The molecule has 0 radical (unpaired) electrons. The van der Waals surface area contributed by atoms with Crippen LogP contribution in [0.1, 0.15) is 63.3 Å². The van der Waals surface area contributed by atoms with Crippen LogP contribution >= 0.6 is 0 Å². The third kappa shape index (κ3) is 6.79. The average Bonchev–Trinajstić information content (AvgIpc) is 3.29. The molecule has 7 nitrogen and oxygen atoms in total. The van der Waals surface area contributed by atoms with Crippen LogP contribution in [0.3, 0.4) is 0 Å². The minimum Gasteiger partial charge on any atom is -0.354 e. The van der Waals surface area contributed by atoms with Gasteiger partial charge in [-0.05, 0) is 31.2 Å². The molecule has 1 saturated carbocycles. The molecule has 2 fully saturated rings. The van der Waals surface area contributed by atoms with E-state index in [2.05, 4.69) is 67.6 Å². The Labute approximate surface area is 192 Å². The van der Waals surface area contributed by atoms with Crippen molar-refractivity contribution in [3.63, 3.8) is 0 Å². The van der Waals surface area contributed by atoms with E-state index in [9.17, 15) is 0 Å². The van der Waals surface area contributed by atoms with Gasteiger partial charge in [-0.3, -0.25) is 9.89 Å². The Kier molecular flexibility index (Phi) is 8.54. The summed E-state index contributed by atoms with van der Waals surface area (Å²) in [5.74, 6) is 2.02. The van der Waals surface area contributed by atoms with Gasteiger partial charge in [-0.1, -0.05) is 56.5 Å². The fourth-order valence-corrected chi connectivity index (χ4v) is 4.85. The number of hydrogen-bond acceptors (Lipinski definition) is 4. The van der Waals surface area contributed by atoms with Gasteiger partial charge in [0.15, 0.2) is 5.96 Å². The Morgan fingerprint density at radius 3 is 2.44 bits per heavy atom. The molecule has 0 bridgehead atoms. The summed E-state index contributed by atoms with van der Waals surface area (Å²) in [6.45, 7) is 6.98. The van der Waals surface area contributed by atoms with E-state index in [-0.39, 0.29) is 0 Å². The van der Waals surface area contributed by atoms with Gasteiger partial charge >= 0.3 is 0 Å². The SMILES string of the molecule is CCc1nncn1CCN=C(NC1CCCCC1)NC1CCN(Cc2ccccc2)CC1. The van der Waals surface area contributed by atoms with Gasteiger partial charge in [0, 0.05) is 44.7 Å². The number of piperidine rings is 1. The first-order chi connectivity index (χ1) is 15.8. The zero-order valence-electron chi connectivity index (χ0n) is 19.5. The number of nitrogens with zero attached hydrogens (tertiary/aromatic N) is 5. The number of guanidine groups is 1. The molecule has 1 aromatic carbocycles. The van der Waals surface area contributed by atoms with Crippen molar-refractivity contribution in [1.29, 1.82) is 0 Å². The zero-order valence-corrected chi connectivity index (χ0v) is 19.5. The lowest BCUT2D eigenvalue weighted by atomic mass is 9.95. The first-order valence-corrected chi connectivity index (χ1v) is 12.5. The van der Waals surface area contributed by atoms with Crippen molar-refractivity contribution < 1.29 is 0 Å². The topological polar surface area (TPSA) is 70.4 Å². The number of aryl methyl sites for hydroxylation is 1. The van der Waals surface area contributed by atoms with Gasteiger partial charge in [-0.2, -0.15) is 0 Å². The Balaban J connectivity index is 1.30. The molecule has 1 saturated heterocycles. The molecular formula is C25H39N7. The molecule has 4 rings (SSSR count). The van der Waals surface area contributed by atoms with Crippen LogP contribution in [0, 0.1) is 0 Å². The molecule has 2 heterocycles. The summed E-state index contributed by atoms with van der Waals surface area (Å²) < 4.78 is 2.11. The van der Waals surface area contributed by atoms with Crippen molar-refractivity contribution in [3.05, 3.63) is 48.0 Å². The smallest absolute Gasteiger partial charge is 0.191 e. The monoisotopic (exact) mass is 437 g/mol. The maximum Gasteiger partial charge on any atom is 0.191 e. The van der Waals surface area contributed by atoms with Crippen molar-refractivity contribution in [2.24, 2.45) is 4.99 Å². The summed E-state index contributed by atoms with van der Waals surface area (Å²) in [6.07, 6.45) is 11.5. The molecule has 0 spiro atoms. The van der Waals surface area contributed by atoms with E-state index in [1.807, 2.05) is 6.33 Å². The van der Waals surface area contributed by atoms with Crippen molar-refractivity contribution in [2.45, 2.75) is 83.5 Å². The predicted octanol–water partition coefficient (Wildman–Crippen LogP) is 3.37. The van der Waals surface area contributed by atoms with Gasteiger partial charge in [0.1, 0.15) is 12.2 Å². The minimum absolute atomic E-state index is 0.484. The van der Waals surface area contributed by atoms with Crippen LogP contribution in [0.2, 0.25) is 0 Å². The minimum atomic E-state index is 0.484. The standard InChI is InChI=1S/C25H39N7/c1-2-24-30-27-20-32(24)18-15-26-25(28-22-11-7-4-8-12-22)29-23-13-16-31(17-14-23)19-21-9-5-3-6-10-21/h3,5-6,9-10,20,22-23H,2,4,7-8,11-19H2,1H3,(H2,26,28,29). The number of rotatable bonds is 8. The third-order valence-corrected chi connectivity index (χ3v) is 6.75. The summed E-state index contributed by atoms with van der Waals surface area (Å²) in [6, 6.07) is 11.8. The van der Waals surface area contributed by atoms with Gasteiger partial charge in [0.25, 0.3) is 0 Å². The number of hydrogen-bond donors (Lipinski definition) is 2. The Morgan fingerprint density at radius 2 is 1.72 bits per heavy atom. The maximum atomic E-state index is 4.95. The van der Waals surface area contributed by atoms with Crippen LogP contribution in [0.25, 0.3) is 0 Å². The second kappa shape index (κ2) is 12.0. The predicted molar refractivity (Wildman–Crippen MR) is 130 cm³/mol. The van der Waals surface area contributed by atoms with Crippen molar-refractivity contribution in [3.8, 4) is 0 Å². The van der Waals surface area contributed by atoms with E-state index in [0.717, 1.165) is 63.8 Å². The van der Waals surface area contributed by atoms with Crippen LogP contribution in [0.4, 0.5) is 0 Å². The molecule has 0 amide bonds. The highest BCUT2D eigenvalue weighted by Gasteiger charge is 2.22. The van der Waals surface area contributed by atoms with Gasteiger partial charge in [-0.25, -0.2) is 0 Å². The second-order valence-corrected chi connectivity index (χ2v) is 9.18. The van der Waals surface area contributed by atoms with Crippen LogP contribution in [-0.2, 0) is 19.5 Å². The highest BCUT2D eigenvalue weighted by atomic mass is 15.3. The number of benzene rings is 1. The molecule has 1 aliphatic carbocycles. The lowest BCUT2D eigenvalue weighted by Crippen LogP contribution is -2.51. The molecule has 7 heteroatoms. The molecule has 2 N–H and O–H groups in total. The zero-order chi connectivity index (χ0) is 22.0. The molecule has 2 aliphatic rings. The first-order valence-electron chi connectivity index (χ1n) is 12.5. The van der Waals surface area contributed by atoms with E-state index in [1.54, 1.807) is 0 Å². The summed E-state index contributed by atoms with van der Waals surface area (Å²) >= 11 is 0. The quantitative estimate of drug-likeness (QED) is 0.489. The molecule has 0 atom stereocenters. The van der Waals surface area contributed by atoms with E-state index < -0.39 is 0 Å². The fourth-order valence-electron chi connectivity index (χ4n) is 4.85. The average molecular weight is 438 g/mol. The maximum absolute atomic E-state index is 4.95. The largest absolute Gasteiger partial charge is 0.354 e. The molecule has 1 aromatic heterocycles. The normalized spacial score (nSPS) is 19.2. The number of aromatic nitrogens is 3. The summed E-state index contributed by atoms with van der Waals surface area (Å²) in [5, 5.41) is 15.7. The Bertz CT molecular complexity index is 818. The number of nitrogens with one attached hydrogen (secondary N) is 2. The Morgan fingerprint density at radius 1 is 1.00 bits per heavy atom. The summed E-state index contributed by atoms with van der Waals surface area (Å²) in [7, 11) is 0. The van der Waals surface area contributed by atoms with E-state index in [1.165, 1.54) is 37.7 Å². The van der Waals surface area contributed by atoms with Gasteiger partial charge in [-0.15, -0.1) is 10.2 Å². The lowest BCUT2D eigenvalue weighted by Gasteiger charge is -2.34. The third-order valence-electron chi connectivity index (χ3n) is 6.75. The van der Waals surface area contributed by atoms with Crippen LogP contribution < -0.4 is 10.6 Å². The first kappa shape index (κ1) is 22.8. The molecule has 1 aliphatic heterocycles. The van der Waals surface area contributed by atoms with Crippen molar-refractivity contribution in [2.75, 3.05) is 19.6 Å². The molecule has 0 unspecified atom stereocenters. The van der Waals surface area contributed by atoms with E-state index in [4.69, 9.17) is 4.99 Å². The second-order valence-electron chi connectivity index (χ2n) is 9.18. The lowest BCUT2D eigenvalue weighted by molar-refractivity contribution is 0.198. The van der Waals surface area contributed by atoms with Crippen molar-refractivity contribution >= 4 is 5.96 Å². The molecular weight excluding hydrogens is 398 g/mol. The highest BCUT2D eigenvalue weighted by Crippen LogP contribution is 2.18. The molecule has 32 heavy (non-hydrogen) atoms. The summed E-state index contributed by atoms with van der Waals surface area (Å²) in [5.41, 5.74) is 1.40. The van der Waals surface area contributed by atoms with Crippen LogP contribution in [0.5, 0.6) is 0 Å². The summed E-state index contributed by atoms with van der Waals surface area (Å²) in [4.78, 5) is 7.52. The molecule has 2 aromatic rings. The van der Waals surface area contributed by atoms with E-state index in [0.29, 0.717) is 12.1 Å². The number of aliphatic imine (C=N–C) groups is 1. The van der Waals surface area contributed by atoms with Gasteiger partial charge in [0.05, 0.1) is 6.54 Å². The fraction of sp³-hybridized carbons (Fsp3) is 0.640. The Hall–Kier alpha value is -2.41. The van der Waals surface area contributed by atoms with Gasteiger partial charge in [0.2, 0.25) is 0 Å². The van der Waals surface area contributed by atoms with Crippen LogP contribution in [-0.4, -0.2) is 57.3 Å². The van der Waals surface area contributed by atoms with Crippen molar-refractivity contribution in [1.82, 2.24) is 30.3 Å². The van der Waals surface area contributed by atoms with Crippen LogP contribution in [0.15, 0.2) is 41.7 Å². The van der Waals surface area contributed by atoms with Gasteiger partial charge < -0.3 is 15.2 Å². The van der Waals surface area contributed by atoms with E-state index >= 15 is 0 Å².